The topological polar surface area (TPSA) is 53.3 Å². The minimum atomic E-state index is -0.165. The van der Waals surface area contributed by atoms with Crippen molar-refractivity contribution < 1.29 is 9.84 Å². The third kappa shape index (κ3) is 3.16. The summed E-state index contributed by atoms with van der Waals surface area (Å²) in [6.07, 6.45) is 6.89. The minimum absolute atomic E-state index is 0.0957. The maximum atomic E-state index is 8.97. The van der Waals surface area contributed by atoms with Crippen LogP contribution < -0.4 is 0 Å². The molecule has 0 amide bonds. The molecule has 2 N–H and O–H groups in total. The van der Waals surface area contributed by atoms with Crippen LogP contribution in [0.15, 0.2) is 11.6 Å². The number of hydrogen-bond acceptors (Lipinski definition) is 3. The lowest BCUT2D eigenvalue weighted by Crippen LogP contribution is -2.30. The molecule has 0 aromatic heterocycles. The third-order valence-corrected chi connectivity index (χ3v) is 3.10. The molecule has 0 saturated carbocycles. The second-order valence-corrected chi connectivity index (χ2v) is 4.53. The molecule has 0 spiro atoms. The fraction of sp³-hybridized carbons (Fsp3) is 0.769. The summed E-state index contributed by atoms with van der Waals surface area (Å²) in [6.45, 7) is 4.89. The highest BCUT2D eigenvalue weighted by molar-refractivity contribution is 5.99. The van der Waals surface area contributed by atoms with E-state index in [1.807, 2.05) is 0 Å². The summed E-state index contributed by atoms with van der Waals surface area (Å²) in [7, 11) is 0. The molecular weight excluding hydrogens is 202 g/mol. The normalized spacial score (nSPS) is 24.6. The zero-order valence-electron chi connectivity index (χ0n) is 10.4. The third-order valence-electron chi connectivity index (χ3n) is 3.10. The molecule has 0 saturated heterocycles. The van der Waals surface area contributed by atoms with E-state index in [0.29, 0.717) is 5.71 Å². The van der Waals surface area contributed by atoms with Crippen LogP contribution in [-0.2, 0) is 4.74 Å². The van der Waals surface area contributed by atoms with E-state index in [1.54, 1.807) is 0 Å². The van der Waals surface area contributed by atoms with Gasteiger partial charge in [-0.1, -0.05) is 26.3 Å². The molecule has 0 bridgehead atoms. The van der Waals surface area contributed by atoms with Crippen LogP contribution in [0.4, 0.5) is 0 Å². The van der Waals surface area contributed by atoms with Crippen molar-refractivity contribution in [3.63, 3.8) is 0 Å². The fourth-order valence-electron chi connectivity index (χ4n) is 2.28. The average Bonchev–Trinajstić information content (AvgIpc) is 2.71. The van der Waals surface area contributed by atoms with Crippen LogP contribution in [-0.4, -0.2) is 29.6 Å². The highest BCUT2D eigenvalue weighted by atomic mass is 16.5. The largest absolute Gasteiger partial charge is 0.390 e. The molecule has 0 aromatic carbocycles. The van der Waals surface area contributed by atoms with Crippen LogP contribution >= 0.6 is 0 Å². The SMILES string of the molecule is CCCOC1(CCC)CC=C(C(=N)CO)C1. The maximum Gasteiger partial charge on any atom is 0.0848 e. The molecule has 92 valence electrons. The highest BCUT2D eigenvalue weighted by Crippen LogP contribution is 2.37. The first-order valence-electron chi connectivity index (χ1n) is 6.19. The van der Waals surface area contributed by atoms with Crippen molar-refractivity contribution in [2.75, 3.05) is 13.2 Å². The van der Waals surface area contributed by atoms with Gasteiger partial charge in [0.05, 0.1) is 17.9 Å². The summed E-state index contributed by atoms with van der Waals surface area (Å²) in [6, 6.07) is 0. The molecule has 1 unspecified atom stereocenters. The van der Waals surface area contributed by atoms with Crippen molar-refractivity contribution in [1.82, 2.24) is 0 Å². The Kier molecular flexibility index (Phi) is 5.16. The molecule has 1 aliphatic carbocycles. The molecule has 0 radical (unpaired) electrons. The second kappa shape index (κ2) is 6.16. The number of hydrogen-bond donors (Lipinski definition) is 2. The average molecular weight is 225 g/mol. The Morgan fingerprint density at radius 1 is 1.50 bits per heavy atom. The van der Waals surface area contributed by atoms with Crippen LogP contribution in [0.3, 0.4) is 0 Å². The van der Waals surface area contributed by atoms with E-state index in [4.69, 9.17) is 15.3 Å². The van der Waals surface area contributed by atoms with Crippen molar-refractivity contribution >= 4 is 5.71 Å². The van der Waals surface area contributed by atoms with E-state index in [9.17, 15) is 0 Å². The molecule has 0 aliphatic heterocycles. The fourth-order valence-corrected chi connectivity index (χ4v) is 2.28. The van der Waals surface area contributed by atoms with Crippen molar-refractivity contribution in [2.45, 2.75) is 51.6 Å². The van der Waals surface area contributed by atoms with E-state index in [1.165, 1.54) is 0 Å². The van der Waals surface area contributed by atoms with Crippen LogP contribution in [0, 0.1) is 5.41 Å². The van der Waals surface area contributed by atoms with E-state index in [0.717, 1.165) is 44.3 Å². The van der Waals surface area contributed by atoms with Gasteiger partial charge in [0.25, 0.3) is 0 Å². The van der Waals surface area contributed by atoms with Gasteiger partial charge < -0.3 is 15.3 Å². The number of aliphatic hydroxyl groups is 1. The first-order chi connectivity index (χ1) is 7.67. The first-order valence-corrected chi connectivity index (χ1v) is 6.19. The molecule has 0 heterocycles. The lowest BCUT2D eigenvalue weighted by molar-refractivity contribution is -0.0430. The molecule has 0 aromatic rings. The van der Waals surface area contributed by atoms with Gasteiger partial charge >= 0.3 is 0 Å². The minimum Gasteiger partial charge on any atom is -0.390 e. The standard InChI is InChI=1S/C13H23NO2/c1-3-6-13(16-8-4-2)7-5-11(9-13)12(14)10-15/h5,14-15H,3-4,6-10H2,1-2H3. The number of ether oxygens (including phenoxy) is 1. The van der Waals surface area contributed by atoms with Gasteiger partial charge in [0.2, 0.25) is 0 Å². The molecular formula is C13H23NO2. The number of nitrogens with one attached hydrogen (secondary N) is 1. The van der Waals surface area contributed by atoms with Crippen molar-refractivity contribution in [3.8, 4) is 0 Å². The quantitative estimate of drug-likeness (QED) is 0.654. The van der Waals surface area contributed by atoms with Crippen LogP contribution in [0.1, 0.15) is 46.0 Å². The van der Waals surface area contributed by atoms with Crippen molar-refractivity contribution in [2.24, 2.45) is 0 Å². The molecule has 1 atom stereocenters. The van der Waals surface area contributed by atoms with E-state index >= 15 is 0 Å². The number of rotatable bonds is 7. The Labute approximate surface area is 98.0 Å². The van der Waals surface area contributed by atoms with Gasteiger partial charge in [-0.05, 0) is 24.8 Å². The lowest BCUT2D eigenvalue weighted by Gasteiger charge is -2.29. The van der Waals surface area contributed by atoms with Crippen LogP contribution in [0.25, 0.3) is 0 Å². The van der Waals surface area contributed by atoms with Gasteiger partial charge in [-0.15, -0.1) is 0 Å². The molecule has 3 heteroatoms. The Morgan fingerprint density at radius 3 is 2.81 bits per heavy atom. The van der Waals surface area contributed by atoms with E-state index in [-0.39, 0.29) is 12.2 Å². The van der Waals surface area contributed by atoms with Gasteiger partial charge in [0.15, 0.2) is 0 Å². The van der Waals surface area contributed by atoms with Crippen molar-refractivity contribution in [1.29, 1.82) is 5.41 Å². The summed E-state index contributed by atoms with van der Waals surface area (Å²) in [5, 5.41) is 16.6. The summed E-state index contributed by atoms with van der Waals surface area (Å²) in [5.41, 5.74) is 1.21. The van der Waals surface area contributed by atoms with E-state index < -0.39 is 0 Å². The summed E-state index contributed by atoms with van der Waals surface area (Å²) >= 11 is 0. The second-order valence-electron chi connectivity index (χ2n) is 4.53. The number of aliphatic hydroxyl groups excluding tert-OH is 1. The van der Waals surface area contributed by atoms with Crippen LogP contribution in [0.5, 0.6) is 0 Å². The Morgan fingerprint density at radius 2 is 2.25 bits per heavy atom. The molecule has 0 fully saturated rings. The zero-order chi connectivity index (χ0) is 12.0. The van der Waals surface area contributed by atoms with Gasteiger partial charge in [0.1, 0.15) is 0 Å². The predicted octanol–water partition coefficient (Wildman–Crippen LogP) is 2.68. The maximum absolute atomic E-state index is 8.97. The predicted molar refractivity (Wildman–Crippen MR) is 66.0 cm³/mol. The van der Waals surface area contributed by atoms with Crippen molar-refractivity contribution in [3.05, 3.63) is 11.6 Å². The molecule has 3 nitrogen and oxygen atoms in total. The summed E-state index contributed by atoms with van der Waals surface area (Å²) in [5.74, 6) is 0. The Bertz CT molecular complexity index is 273. The van der Waals surface area contributed by atoms with Gasteiger partial charge in [0, 0.05) is 13.0 Å². The zero-order valence-corrected chi connectivity index (χ0v) is 10.4. The summed E-state index contributed by atoms with van der Waals surface area (Å²) < 4.78 is 5.97. The smallest absolute Gasteiger partial charge is 0.0848 e. The highest BCUT2D eigenvalue weighted by Gasteiger charge is 2.35. The van der Waals surface area contributed by atoms with E-state index in [2.05, 4.69) is 19.9 Å². The monoisotopic (exact) mass is 225 g/mol. The Balaban J connectivity index is 2.60. The van der Waals surface area contributed by atoms with Gasteiger partial charge in [-0.25, -0.2) is 0 Å². The van der Waals surface area contributed by atoms with Crippen LogP contribution in [0.2, 0.25) is 0 Å². The molecule has 1 rings (SSSR count). The Hall–Kier alpha value is -0.670. The summed E-state index contributed by atoms with van der Waals surface area (Å²) in [4.78, 5) is 0. The first kappa shape index (κ1) is 13.4. The van der Waals surface area contributed by atoms with Gasteiger partial charge in [-0.2, -0.15) is 0 Å². The van der Waals surface area contributed by atoms with Gasteiger partial charge in [-0.3, -0.25) is 0 Å². The molecule has 1 aliphatic rings. The lowest BCUT2D eigenvalue weighted by atomic mass is 9.92. The molecule has 16 heavy (non-hydrogen) atoms.